The summed E-state index contributed by atoms with van der Waals surface area (Å²) in [5.41, 5.74) is 1.70. The second-order valence-electron chi connectivity index (χ2n) is 5.94. The van der Waals surface area contributed by atoms with Crippen LogP contribution in [-0.2, 0) is 6.42 Å². The number of rotatable bonds is 7. The molecule has 102 valence electrons. The molecule has 1 unspecified atom stereocenters. The van der Waals surface area contributed by atoms with Crippen molar-refractivity contribution in [2.75, 3.05) is 12.4 Å². The summed E-state index contributed by atoms with van der Waals surface area (Å²) in [4.78, 5) is 0. The summed E-state index contributed by atoms with van der Waals surface area (Å²) in [6.45, 7) is 7.88. The van der Waals surface area contributed by atoms with Gasteiger partial charge < -0.3 is 5.32 Å². The van der Waals surface area contributed by atoms with Crippen molar-refractivity contribution in [1.29, 1.82) is 0 Å². The number of hydrogen-bond acceptors (Lipinski definition) is 1. The highest BCUT2D eigenvalue weighted by atomic mass is 35.5. The van der Waals surface area contributed by atoms with Crippen LogP contribution in [0.1, 0.15) is 39.2 Å². The molecule has 0 spiro atoms. The molecule has 0 aliphatic heterocycles. The Balaban J connectivity index is 2.27. The molecule has 0 aliphatic rings. The van der Waals surface area contributed by atoms with Crippen LogP contribution in [0.3, 0.4) is 0 Å². The molecule has 0 saturated heterocycles. The van der Waals surface area contributed by atoms with Gasteiger partial charge in [-0.05, 0) is 36.8 Å². The van der Waals surface area contributed by atoms with Gasteiger partial charge in [0.05, 0.1) is 0 Å². The first-order valence-corrected chi connectivity index (χ1v) is 7.41. The van der Waals surface area contributed by atoms with Gasteiger partial charge in [0, 0.05) is 11.9 Å². The Kier molecular flexibility index (Phi) is 6.73. The highest BCUT2D eigenvalue weighted by Crippen LogP contribution is 2.22. The summed E-state index contributed by atoms with van der Waals surface area (Å²) in [7, 11) is 0. The molecule has 0 aliphatic carbocycles. The van der Waals surface area contributed by atoms with Gasteiger partial charge in [-0.15, -0.1) is 11.6 Å². The van der Waals surface area contributed by atoms with Gasteiger partial charge in [-0.1, -0.05) is 51.1 Å². The van der Waals surface area contributed by atoms with E-state index < -0.39 is 0 Å². The third-order valence-corrected chi connectivity index (χ3v) is 3.54. The van der Waals surface area contributed by atoms with Crippen molar-refractivity contribution >= 4 is 11.6 Å². The zero-order valence-electron chi connectivity index (χ0n) is 11.9. The van der Waals surface area contributed by atoms with Crippen LogP contribution in [0, 0.1) is 5.41 Å². The molecular weight excluding hydrogens is 242 g/mol. The summed E-state index contributed by atoms with van der Waals surface area (Å²) < 4.78 is 0. The summed E-state index contributed by atoms with van der Waals surface area (Å²) >= 11 is 5.87. The van der Waals surface area contributed by atoms with Crippen molar-refractivity contribution in [2.45, 2.75) is 46.1 Å². The van der Waals surface area contributed by atoms with Gasteiger partial charge in [-0.25, -0.2) is 0 Å². The molecule has 1 N–H and O–H groups in total. The maximum atomic E-state index is 5.87. The highest BCUT2D eigenvalue weighted by Gasteiger charge is 2.22. The molecule has 0 amide bonds. The van der Waals surface area contributed by atoms with Crippen LogP contribution in [0.5, 0.6) is 0 Å². The second kappa shape index (κ2) is 7.81. The van der Waals surface area contributed by atoms with Gasteiger partial charge in [-0.3, -0.25) is 0 Å². The first-order valence-electron chi connectivity index (χ1n) is 6.87. The van der Waals surface area contributed by atoms with Gasteiger partial charge in [0.2, 0.25) is 0 Å². The number of halogens is 1. The maximum absolute atomic E-state index is 5.87. The number of nitrogens with one attached hydrogen (secondary N) is 1. The summed E-state index contributed by atoms with van der Waals surface area (Å²) in [5.74, 6) is 0.730. The molecule has 1 aromatic rings. The fourth-order valence-corrected chi connectivity index (χ4v) is 2.38. The first kappa shape index (κ1) is 15.5. The summed E-state index contributed by atoms with van der Waals surface area (Å²) in [5, 5.41) is 3.65. The Hall–Kier alpha value is -0.530. The molecule has 0 fully saturated rings. The number of aryl methyl sites for hydroxylation is 1. The normalized spacial score (nSPS) is 13.6. The Morgan fingerprint density at radius 1 is 1.17 bits per heavy atom. The van der Waals surface area contributed by atoms with Crippen molar-refractivity contribution < 1.29 is 0 Å². The number of alkyl halides is 1. The quantitative estimate of drug-likeness (QED) is 0.575. The Labute approximate surface area is 117 Å². The van der Waals surface area contributed by atoms with Crippen molar-refractivity contribution in [3.8, 4) is 0 Å². The molecular formula is C16H26ClN. The van der Waals surface area contributed by atoms with E-state index >= 15 is 0 Å². The lowest BCUT2D eigenvalue weighted by atomic mass is 9.85. The Bertz CT molecular complexity index is 316. The minimum atomic E-state index is 0.279. The van der Waals surface area contributed by atoms with Gasteiger partial charge in [0.25, 0.3) is 0 Å². The molecule has 1 aromatic carbocycles. The first-order chi connectivity index (χ1) is 8.54. The van der Waals surface area contributed by atoms with Gasteiger partial charge in [0.1, 0.15) is 0 Å². The minimum absolute atomic E-state index is 0.279. The zero-order valence-corrected chi connectivity index (χ0v) is 12.6. The number of hydrogen-bond donors (Lipinski definition) is 1. The van der Waals surface area contributed by atoms with E-state index in [4.69, 9.17) is 11.6 Å². The van der Waals surface area contributed by atoms with Crippen molar-refractivity contribution in [3.05, 3.63) is 35.9 Å². The van der Waals surface area contributed by atoms with E-state index in [0.29, 0.717) is 6.04 Å². The lowest BCUT2D eigenvalue weighted by Crippen LogP contribution is -2.41. The average Bonchev–Trinajstić information content (AvgIpc) is 2.33. The fourth-order valence-electron chi connectivity index (χ4n) is 2.16. The van der Waals surface area contributed by atoms with Crippen molar-refractivity contribution in [3.63, 3.8) is 0 Å². The molecule has 2 heteroatoms. The Morgan fingerprint density at radius 3 is 2.39 bits per heavy atom. The van der Waals surface area contributed by atoms with Crippen LogP contribution in [-0.4, -0.2) is 18.5 Å². The lowest BCUT2D eigenvalue weighted by Gasteiger charge is -2.31. The Morgan fingerprint density at radius 2 is 1.83 bits per heavy atom. The van der Waals surface area contributed by atoms with Crippen molar-refractivity contribution in [1.82, 2.24) is 5.32 Å². The van der Waals surface area contributed by atoms with E-state index in [0.717, 1.165) is 25.3 Å². The van der Waals surface area contributed by atoms with E-state index in [2.05, 4.69) is 56.4 Å². The molecule has 0 bridgehead atoms. The maximum Gasteiger partial charge on any atom is 0.0238 e. The highest BCUT2D eigenvalue weighted by molar-refractivity contribution is 6.17. The van der Waals surface area contributed by atoms with E-state index in [1.165, 1.54) is 12.0 Å². The van der Waals surface area contributed by atoms with Crippen LogP contribution < -0.4 is 5.32 Å². The molecule has 0 radical (unpaired) electrons. The average molecular weight is 268 g/mol. The molecule has 0 heterocycles. The van der Waals surface area contributed by atoms with Crippen LogP contribution >= 0.6 is 11.6 Å². The second-order valence-corrected chi connectivity index (χ2v) is 6.32. The molecule has 0 aromatic heterocycles. The van der Waals surface area contributed by atoms with E-state index in [9.17, 15) is 0 Å². The van der Waals surface area contributed by atoms with Crippen LogP contribution in [0.4, 0.5) is 0 Å². The minimum Gasteiger partial charge on any atom is -0.313 e. The molecule has 0 saturated carbocycles. The molecule has 1 atom stereocenters. The van der Waals surface area contributed by atoms with E-state index in [-0.39, 0.29) is 5.41 Å². The topological polar surface area (TPSA) is 12.0 Å². The number of benzene rings is 1. The van der Waals surface area contributed by atoms with E-state index in [1.807, 2.05) is 0 Å². The van der Waals surface area contributed by atoms with Gasteiger partial charge in [0.15, 0.2) is 0 Å². The molecule has 1 rings (SSSR count). The summed E-state index contributed by atoms with van der Waals surface area (Å²) in [6.07, 6.45) is 3.36. The van der Waals surface area contributed by atoms with Gasteiger partial charge in [-0.2, -0.15) is 0 Å². The summed E-state index contributed by atoms with van der Waals surface area (Å²) in [6, 6.07) is 11.2. The third kappa shape index (κ3) is 5.88. The lowest BCUT2D eigenvalue weighted by molar-refractivity contribution is 0.262. The smallest absolute Gasteiger partial charge is 0.0238 e. The molecule has 18 heavy (non-hydrogen) atoms. The third-order valence-electron chi connectivity index (χ3n) is 3.32. The SMILES string of the molecule is CC(C)(C)C(CCCl)NCCCc1ccccc1. The fraction of sp³-hybridized carbons (Fsp3) is 0.625. The van der Waals surface area contributed by atoms with Crippen LogP contribution in [0.25, 0.3) is 0 Å². The van der Waals surface area contributed by atoms with Crippen LogP contribution in [0.2, 0.25) is 0 Å². The predicted octanol–water partition coefficient (Wildman–Crippen LogP) is 4.25. The zero-order chi connectivity index (χ0) is 13.4. The van der Waals surface area contributed by atoms with E-state index in [1.54, 1.807) is 0 Å². The van der Waals surface area contributed by atoms with Gasteiger partial charge >= 0.3 is 0 Å². The largest absolute Gasteiger partial charge is 0.313 e. The van der Waals surface area contributed by atoms with Crippen molar-refractivity contribution in [2.24, 2.45) is 5.41 Å². The monoisotopic (exact) mass is 267 g/mol. The van der Waals surface area contributed by atoms with Crippen LogP contribution in [0.15, 0.2) is 30.3 Å². The standard InChI is InChI=1S/C16H26ClN/c1-16(2,3)15(11-12-17)18-13-7-10-14-8-5-4-6-9-14/h4-6,8-9,15,18H,7,10-13H2,1-3H3. The molecule has 1 nitrogen and oxygen atoms in total. The predicted molar refractivity (Wildman–Crippen MR) is 81.3 cm³/mol.